The molecular formula is C16H26N2O2S. The molecule has 0 bridgehead atoms. The molecule has 1 aromatic rings. The Morgan fingerprint density at radius 1 is 1.29 bits per heavy atom. The zero-order chi connectivity index (χ0) is 15.7. The molecule has 0 saturated heterocycles. The molecule has 1 aliphatic carbocycles. The van der Waals surface area contributed by atoms with Gasteiger partial charge in [0.2, 0.25) is 10.0 Å². The molecule has 1 unspecified atom stereocenters. The van der Waals surface area contributed by atoms with Crippen LogP contribution in [0, 0.1) is 5.41 Å². The molecule has 0 aromatic heterocycles. The molecule has 0 radical (unpaired) electrons. The van der Waals surface area contributed by atoms with Gasteiger partial charge in [0.15, 0.2) is 0 Å². The van der Waals surface area contributed by atoms with Crippen molar-refractivity contribution in [3.8, 4) is 0 Å². The Labute approximate surface area is 128 Å². The van der Waals surface area contributed by atoms with Crippen LogP contribution in [0.15, 0.2) is 29.2 Å². The molecule has 0 heterocycles. The van der Waals surface area contributed by atoms with Crippen molar-refractivity contribution in [2.24, 2.45) is 5.41 Å². The van der Waals surface area contributed by atoms with Crippen LogP contribution in [0.4, 0.5) is 0 Å². The predicted molar refractivity (Wildman–Crippen MR) is 85.5 cm³/mol. The SMILES string of the molecule is CC(NS(=O)(=O)c1cccc(CNC2CC2)c1)C(C)(C)C. The summed E-state index contributed by atoms with van der Waals surface area (Å²) < 4.78 is 27.7. The summed E-state index contributed by atoms with van der Waals surface area (Å²) in [5.41, 5.74) is 0.895. The lowest BCUT2D eigenvalue weighted by atomic mass is 9.89. The molecule has 0 amide bonds. The van der Waals surface area contributed by atoms with Gasteiger partial charge >= 0.3 is 0 Å². The molecular weight excluding hydrogens is 284 g/mol. The van der Waals surface area contributed by atoms with Gasteiger partial charge in [-0.05, 0) is 42.9 Å². The predicted octanol–water partition coefficient (Wildman–Crippen LogP) is 2.65. The molecule has 118 valence electrons. The summed E-state index contributed by atoms with van der Waals surface area (Å²) in [5, 5.41) is 3.40. The Morgan fingerprint density at radius 3 is 2.52 bits per heavy atom. The maximum absolute atomic E-state index is 12.5. The Kier molecular flexibility index (Phi) is 4.76. The second-order valence-electron chi connectivity index (χ2n) is 7.01. The zero-order valence-corrected chi connectivity index (χ0v) is 14.1. The van der Waals surface area contributed by atoms with Gasteiger partial charge in [0.1, 0.15) is 0 Å². The van der Waals surface area contributed by atoms with E-state index in [1.807, 2.05) is 33.8 Å². The quantitative estimate of drug-likeness (QED) is 0.849. The molecule has 5 heteroatoms. The van der Waals surface area contributed by atoms with E-state index in [1.165, 1.54) is 12.8 Å². The standard InChI is InChI=1S/C16H26N2O2S/c1-12(16(2,3)4)18-21(19,20)15-7-5-6-13(10-15)11-17-14-8-9-14/h5-7,10,12,14,17-18H,8-9,11H2,1-4H3. The monoisotopic (exact) mass is 310 g/mol. The fourth-order valence-electron chi connectivity index (χ4n) is 1.85. The Morgan fingerprint density at radius 2 is 1.95 bits per heavy atom. The van der Waals surface area contributed by atoms with Gasteiger partial charge in [-0.2, -0.15) is 0 Å². The third-order valence-corrected chi connectivity index (χ3v) is 5.55. The van der Waals surface area contributed by atoms with Crippen LogP contribution >= 0.6 is 0 Å². The summed E-state index contributed by atoms with van der Waals surface area (Å²) in [5.74, 6) is 0. The van der Waals surface area contributed by atoms with E-state index in [0.717, 1.165) is 12.1 Å². The number of rotatable bonds is 6. The van der Waals surface area contributed by atoms with E-state index in [4.69, 9.17) is 0 Å². The first-order valence-electron chi connectivity index (χ1n) is 7.53. The summed E-state index contributed by atoms with van der Waals surface area (Å²) >= 11 is 0. The molecule has 1 saturated carbocycles. The van der Waals surface area contributed by atoms with Crippen molar-refractivity contribution in [2.45, 2.75) is 64.1 Å². The van der Waals surface area contributed by atoms with E-state index in [2.05, 4.69) is 10.0 Å². The van der Waals surface area contributed by atoms with E-state index < -0.39 is 10.0 Å². The van der Waals surface area contributed by atoms with Crippen LogP contribution < -0.4 is 10.0 Å². The van der Waals surface area contributed by atoms with E-state index in [1.54, 1.807) is 18.2 Å². The van der Waals surface area contributed by atoms with Crippen molar-refractivity contribution in [2.75, 3.05) is 0 Å². The number of hydrogen-bond acceptors (Lipinski definition) is 3. The maximum atomic E-state index is 12.5. The van der Waals surface area contributed by atoms with E-state index in [0.29, 0.717) is 10.9 Å². The smallest absolute Gasteiger partial charge is 0.240 e. The topological polar surface area (TPSA) is 58.2 Å². The van der Waals surface area contributed by atoms with Gasteiger partial charge in [-0.25, -0.2) is 13.1 Å². The summed E-state index contributed by atoms with van der Waals surface area (Å²) in [6.07, 6.45) is 2.45. The third-order valence-electron chi connectivity index (χ3n) is 4.01. The van der Waals surface area contributed by atoms with Crippen LogP contribution in [0.1, 0.15) is 46.1 Å². The number of sulfonamides is 1. The lowest BCUT2D eigenvalue weighted by molar-refractivity contribution is 0.317. The first-order chi connectivity index (χ1) is 9.68. The number of hydrogen-bond donors (Lipinski definition) is 2. The highest BCUT2D eigenvalue weighted by Crippen LogP contribution is 2.22. The van der Waals surface area contributed by atoms with Gasteiger partial charge in [0.05, 0.1) is 4.90 Å². The lowest BCUT2D eigenvalue weighted by Gasteiger charge is -2.27. The first kappa shape index (κ1) is 16.5. The molecule has 1 fully saturated rings. The van der Waals surface area contributed by atoms with Crippen LogP contribution in [-0.2, 0) is 16.6 Å². The van der Waals surface area contributed by atoms with Crippen LogP contribution in [0.25, 0.3) is 0 Å². The minimum absolute atomic E-state index is 0.113. The molecule has 1 atom stereocenters. The van der Waals surface area contributed by atoms with Crippen LogP contribution in [0.2, 0.25) is 0 Å². The molecule has 1 aromatic carbocycles. The van der Waals surface area contributed by atoms with Crippen molar-refractivity contribution >= 4 is 10.0 Å². The van der Waals surface area contributed by atoms with Crippen LogP contribution in [-0.4, -0.2) is 20.5 Å². The highest BCUT2D eigenvalue weighted by Gasteiger charge is 2.26. The van der Waals surface area contributed by atoms with E-state index in [9.17, 15) is 8.42 Å². The molecule has 2 rings (SSSR count). The molecule has 21 heavy (non-hydrogen) atoms. The Hall–Kier alpha value is -0.910. The van der Waals surface area contributed by atoms with Gasteiger partial charge in [0, 0.05) is 18.6 Å². The molecule has 0 spiro atoms. The van der Waals surface area contributed by atoms with E-state index in [-0.39, 0.29) is 11.5 Å². The van der Waals surface area contributed by atoms with Gasteiger partial charge < -0.3 is 5.32 Å². The molecule has 0 aliphatic heterocycles. The minimum atomic E-state index is -3.47. The largest absolute Gasteiger partial charge is 0.310 e. The maximum Gasteiger partial charge on any atom is 0.240 e. The van der Waals surface area contributed by atoms with Crippen LogP contribution in [0.3, 0.4) is 0 Å². The summed E-state index contributed by atoms with van der Waals surface area (Å²) in [6.45, 7) is 8.70. The fourth-order valence-corrected chi connectivity index (χ4v) is 3.37. The Bertz CT molecular complexity index is 587. The highest BCUT2D eigenvalue weighted by molar-refractivity contribution is 7.89. The van der Waals surface area contributed by atoms with Crippen molar-refractivity contribution in [1.29, 1.82) is 0 Å². The number of nitrogens with one attached hydrogen (secondary N) is 2. The number of benzene rings is 1. The van der Waals surface area contributed by atoms with Crippen LogP contribution in [0.5, 0.6) is 0 Å². The van der Waals surface area contributed by atoms with Crippen molar-refractivity contribution in [1.82, 2.24) is 10.0 Å². The molecule has 4 nitrogen and oxygen atoms in total. The summed E-state index contributed by atoms with van der Waals surface area (Å²) in [4.78, 5) is 0.341. The zero-order valence-electron chi connectivity index (χ0n) is 13.3. The first-order valence-corrected chi connectivity index (χ1v) is 9.01. The van der Waals surface area contributed by atoms with Gasteiger partial charge in [0.25, 0.3) is 0 Å². The van der Waals surface area contributed by atoms with Gasteiger partial charge in [-0.3, -0.25) is 0 Å². The molecule has 1 aliphatic rings. The van der Waals surface area contributed by atoms with Gasteiger partial charge in [-0.1, -0.05) is 32.9 Å². The third kappa shape index (κ3) is 4.80. The minimum Gasteiger partial charge on any atom is -0.310 e. The summed E-state index contributed by atoms with van der Waals surface area (Å²) in [6, 6.07) is 7.66. The van der Waals surface area contributed by atoms with Crippen molar-refractivity contribution < 1.29 is 8.42 Å². The van der Waals surface area contributed by atoms with Crippen molar-refractivity contribution in [3.05, 3.63) is 29.8 Å². The normalized spacial score (nSPS) is 17.7. The van der Waals surface area contributed by atoms with Gasteiger partial charge in [-0.15, -0.1) is 0 Å². The molecule has 2 N–H and O–H groups in total. The second-order valence-corrected chi connectivity index (χ2v) is 8.73. The summed E-state index contributed by atoms with van der Waals surface area (Å²) in [7, 11) is -3.47. The highest BCUT2D eigenvalue weighted by atomic mass is 32.2. The lowest BCUT2D eigenvalue weighted by Crippen LogP contribution is -2.41. The van der Waals surface area contributed by atoms with E-state index >= 15 is 0 Å². The average molecular weight is 310 g/mol. The second kappa shape index (κ2) is 6.07. The Balaban J connectivity index is 2.09. The van der Waals surface area contributed by atoms with Crippen molar-refractivity contribution in [3.63, 3.8) is 0 Å². The fraction of sp³-hybridized carbons (Fsp3) is 0.625. The average Bonchev–Trinajstić information content (AvgIpc) is 3.19.